The zero-order valence-electron chi connectivity index (χ0n) is 11.6. The summed E-state index contributed by atoms with van der Waals surface area (Å²) < 4.78 is 0. The van der Waals surface area contributed by atoms with Crippen LogP contribution in [0.3, 0.4) is 0 Å². The molecular weight excluding hydrogens is 266 g/mol. The molecule has 2 heterocycles. The number of amidine groups is 1. The Labute approximate surface area is 123 Å². The topological polar surface area (TPSA) is 37.3 Å². The van der Waals surface area contributed by atoms with Crippen molar-refractivity contribution in [2.75, 3.05) is 11.9 Å². The van der Waals surface area contributed by atoms with E-state index >= 15 is 0 Å². The van der Waals surface area contributed by atoms with E-state index in [0.29, 0.717) is 5.25 Å². The number of aryl methyl sites for hydroxylation is 2. The fraction of sp³-hybridized carbons (Fsp3) is 0.250. The smallest absolute Gasteiger partial charge is 0.161 e. The molecular formula is C16H17N3S. The highest BCUT2D eigenvalue weighted by Crippen LogP contribution is 2.35. The van der Waals surface area contributed by atoms with Crippen LogP contribution in [0.25, 0.3) is 0 Å². The summed E-state index contributed by atoms with van der Waals surface area (Å²) in [6.07, 6.45) is 0. The highest BCUT2D eigenvalue weighted by atomic mass is 32.2. The van der Waals surface area contributed by atoms with Crippen LogP contribution < -0.4 is 5.32 Å². The SMILES string of the molecule is Cc1ccc(NC2=NCC(c3ccccc3)S2)c(C)n1. The number of aromatic nitrogens is 1. The zero-order chi connectivity index (χ0) is 13.9. The van der Waals surface area contributed by atoms with E-state index in [-0.39, 0.29) is 0 Å². The maximum atomic E-state index is 4.59. The molecule has 0 fully saturated rings. The molecule has 4 heteroatoms. The van der Waals surface area contributed by atoms with E-state index in [0.717, 1.165) is 28.8 Å². The first-order valence-corrected chi connectivity index (χ1v) is 7.57. The van der Waals surface area contributed by atoms with Gasteiger partial charge in [0.2, 0.25) is 0 Å². The first kappa shape index (κ1) is 13.2. The molecule has 20 heavy (non-hydrogen) atoms. The molecule has 1 atom stereocenters. The number of benzene rings is 1. The van der Waals surface area contributed by atoms with E-state index in [1.807, 2.05) is 26.0 Å². The van der Waals surface area contributed by atoms with Crippen LogP contribution in [0.2, 0.25) is 0 Å². The molecule has 1 aromatic heterocycles. The van der Waals surface area contributed by atoms with E-state index in [1.165, 1.54) is 5.56 Å². The Bertz CT molecular complexity index is 637. The standard InChI is InChI=1S/C16H17N3S/c1-11-8-9-14(12(2)18-11)19-16-17-10-15(20-16)13-6-4-3-5-7-13/h3-9,15H,10H2,1-2H3,(H,17,19). The lowest BCUT2D eigenvalue weighted by Gasteiger charge is -2.11. The van der Waals surface area contributed by atoms with E-state index in [1.54, 1.807) is 11.8 Å². The van der Waals surface area contributed by atoms with Crippen molar-refractivity contribution in [3.05, 3.63) is 59.4 Å². The molecule has 102 valence electrons. The number of hydrogen-bond donors (Lipinski definition) is 1. The highest BCUT2D eigenvalue weighted by molar-refractivity contribution is 8.14. The molecule has 1 N–H and O–H groups in total. The summed E-state index contributed by atoms with van der Waals surface area (Å²) in [7, 11) is 0. The molecule has 0 bridgehead atoms. The average molecular weight is 283 g/mol. The van der Waals surface area contributed by atoms with Gasteiger partial charge in [-0.3, -0.25) is 9.98 Å². The Hall–Kier alpha value is -1.81. The van der Waals surface area contributed by atoms with Gasteiger partial charge in [-0.15, -0.1) is 0 Å². The number of hydrogen-bond acceptors (Lipinski definition) is 4. The third kappa shape index (κ3) is 2.85. The lowest BCUT2D eigenvalue weighted by Crippen LogP contribution is -2.07. The quantitative estimate of drug-likeness (QED) is 0.906. The Kier molecular flexibility index (Phi) is 3.74. The summed E-state index contributed by atoms with van der Waals surface area (Å²) in [6.45, 7) is 4.85. The molecule has 1 unspecified atom stereocenters. The van der Waals surface area contributed by atoms with Crippen LogP contribution in [0.4, 0.5) is 5.69 Å². The van der Waals surface area contributed by atoms with Gasteiger partial charge in [-0.2, -0.15) is 0 Å². The van der Waals surface area contributed by atoms with Crippen molar-refractivity contribution in [2.24, 2.45) is 4.99 Å². The molecule has 0 spiro atoms. The van der Waals surface area contributed by atoms with E-state index in [2.05, 4.69) is 45.6 Å². The Morgan fingerprint density at radius 2 is 1.90 bits per heavy atom. The Morgan fingerprint density at radius 3 is 2.65 bits per heavy atom. The summed E-state index contributed by atoms with van der Waals surface area (Å²) in [5.41, 5.74) is 4.42. The minimum Gasteiger partial charge on any atom is -0.333 e. The summed E-state index contributed by atoms with van der Waals surface area (Å²) in [6, 6.07) is 14.6. The van der Waals surface area contributed by atoms with Crippen molar-refractivity contribution < 1.29 is 0 Å². The summed E-state index contributed by atoms with van der Waals surface area (Å²) in [5.74, 6) is 0. The fourth-order valence-electron chi connectivity index (χ4n) is 2.22. The van der Waals surface area contributed by atoms with Gasteiger partial charge in [-0.1, -0.05) is 42.1 Å². The molecule has 0 saturated carbocycles. The predicted octanol–water partition coefficient (Wildman–Crippen LogP) is 3.95. The van der Waals surface area contributed by atoms with Crippen molar-refractivity contribution in [3.8, 4) is 0 Å². The molecule has 1 aromatic carbocycles. The molecule has 1 aliphatic rings. The summed E-state index contributed by atoms with van der Waals surface area (Å²) in [5, 5.41) is 4.78. The van der Waals surface area contributed by atoms with Crippen LogP contribution in [0.5, 0.6) is 0 Å². The van der Waals surface area contributed by atoms with Gasteiger partial charge in [-0.25, -0.2) is 0 Å². The van der Waals surface area contributed by atoms with Gasteiger partial charge in [0.25, 0.3) is 0 Å². The van der Waals surface area contributed by atoms with Crippen LogP contribution in [0, 0.1) is 13.8 Å². The third-order valence-corrected chi connectivity index (χ3v) is 4.45. The maximum absolute atomic E-state index is 4.59. The number of thioether (sulfide) groups is 1. The van der Waals surface area contributed by atoms with Gasteiger partial charge in [0.05, 0.1) is 23.2 Å². The van der Waals surface area contributed by atoms with E-state index < -0.39 is 0 Å². The van der Waals surface area contributed by atoms with Crippen LogP contribution >= 0.6 is 11.8 Å². The second-order valence-corrected chi connectivity index (χ2v) is 6.07. The maximum Gasteiger partial charge on any atom is 0.161 e. The van der Waals surface area contributed by atoms with Crippen LogP contribution in [0.15, 0.2) is 47.5 Å². The average Bonchev–Trinajstić information content (AvgIpc) is 2.92. The van der Waals surface area contributed by atoms with Gasteiger partial charge in [-0.05, 0) is 31.5 Å². The molecule has 0 radical (unpaired) electrons. The number of anilines is 1. The number of pyridine rings is 1. The van der Waals surface area contributed by atoms with Gasteiger partial charge in [0.1, 0.15) is 0 Å². The molecule has 2 aromatic rings. The first-order valence-electron chi connectivity index (χ1n) is 6.70. The largest absolute Gasteiger partial charge is 0.333 e. The second-order valence-electron chi connectivity index (χ2n) is 4.87. The van der Waals surface area contributed by atoms with Crippen molar-refractivity contribution in [2.45, 2.75) is 19.1 Å². The zero-order valence-corrected chi connectivity index (χ0v) is 12.4. The van der Waals surface area contributed by atoms with E-state index in [4.69, 9.17) is 0 Å². The second kappa shape index (κ2) is 5.67. The van der Waals surface area contributed by atoms with Gasteiger partial charge >= 0.3 is 0 Å². The number of nitrogens with zero attached hydrogens (tertiary/aromatic N) is 2. The van der Waals surface area contributed by atoms with Gasteiger partial charge in [0.15, 0.2) is 5.17 Å². The first-order chi connectivity index (χ1) is 9.72. The molecule has 0 saturated heterocycles. The van der Waals surface area contributed by atoms with E-state index in [9.17, 15) is 0 Å². The van der Waals surface area contributed by atoms with Crippen molar-refractivity contribution >= 4 is 22.6 Å². The molecule has 0 aliphatic carbocycles. The van der Waals surface area contributed by atoms with Crippen LogP contribution in [-0.4, -0.2) is 16.7 Å². The fourth-order valence-corrected chi connectivity index (χ4v) is 3.25. The Balaban J connectivity index is 1.69. The van der Waals surface area contributed by atoms with Crippen LogP contribution in [0.1, 0.15) is 22.2 Å². The molecule has 0 amide bonds. The monoisotopic (exact) mass is 283 g/mol. The number of nitrogens with one attached hydrogen (secondary N) is 1. The van der Waals surface area contributed by atoms with Crippen LogP contribution in [-0.2, 0) is 0 Å². The third-order valence-electron chi connectivity index (χ3n) is 3.29. The predicted molar refractivity (Wildman–Crippen MR) is 86.4 cm³/mol. The van der Waals surface area contributed by atoms with Gasteiger partial charge < -0.3 is 5.32 Å². The van der Waals surface area contributed by atoms with Crippen molar-refractivity contribution in [1.82, 2.24) is 4.98 Å². The number of rotatable bonds is 2. The lowest BCUT2D eigenvalue weighted by atomic mass is 10.1. The lowest BCUT2D eigenvalue weighted by molar-refractivity contribution is 0.966. The number of aliphatic imine (C=N–C) groups is 1. The summed E-state index contributed by atoms with van der Waals surface area (Å²) in [4.78, 5) is 9.06. The minimum atomic E-state index is 0.414. The van der Waals surface area contributed by atoms with Crippen molar-refractivity contribution in [3.63, 3.8) is 0 Å². The van der Waals surface area contributed by atoms with Gasteiger partial charge in [0, 0.05) is 5.69 Å². The molecule has 1 aliphatic heterocycles. The Morgan fingerprint density at radius 1 is 1.10 bits per heavy atom. The summed E-state index contributed by atoms with van der Waals surface area (Å²) >= 11 is 1.78. The normalized spacial score (nSPS) is 17.9. The highest BCUT2D eigenvalue weighted by Gasteiger charge is 2.21. The molecule has 3 rings (SSSR count). The van der Waals surface area contributed by atoms with Crippen molar-refractivity contribution in [1.29, 1.82) is 0 Å². The molecule has 3 nitrogen and oxygen atoms in total. The minimum absolute atomic E-state index is 0.414.